The summed E-state index contributed by atoms with van der Waals surface area (Å²) in [6.07, 6.45) is 4.02. The molecule has 0 aromatic heterocycles. The number of nitrogens with zero attached hydrogens (tertiary/aromatic N) is 1. The number of methoxy groups -OCH3 is 1. The Bertz CT molecular complexity index is 1030. The summed E-state index contributed by atoms with van der Waals surface area (Å²) in [6, 6.07) is 12.5. The van der Waals surface area contributed by atoms with Gasteiger partial charge in [0.25, 0.3) is 5.91 Å². The molecule has 2 aromatic carbocycles. The second-order valence-corrected chi connectivity index (χ2v) is 9.45. The van der Waals surface area contributed by atoms with Crippen LogP contribution in [0.4, 0.5) is 5.69 Å². The first kappa shape index (κ1) is 20.7. The molecule has 1 aliphatic carbocycles. The van der Waals surface area contributed by atoms with Crippen LogP contribution in [0.3, 0.4) is 0 Å². The lowest BCUT2D eigenvalue weighted by Gasteiger charge is -2.21. The van der Waals surface area contributed by atoms with E-state index < -0.39 is 10.0 Å². The fraction of sp³-hybridized carbons (Fsp3) is 0.409. The first-order chi connectivity index (χ1) is 14.5. The van der Waals surface area contributed by atoms with E-state index in [1.807, 2.05) is 18.2 Å². The van der Waals surface area contributed by atoms with Crippen molar-refractivity contribution >= 4 is 21.6 Å². The Hall–Kier alpha value is -2.58. The van der Waals surface area contributed by atoms with Crippen LogP contribution in [0.5, 0.6) is 5.75 Å². The summed E-state index contributed by atoms with van der Waals surface area (Å²) >= 11 is 0. The maximum absolute atomic E-state index is 12.8. The average Bonchev–Trinajstić information content (AvgIpc) is 3.38. The van der Waals surface area contributed by atoms with Gasteiger partial charge < -0.3 is 15.0 Å². The Morgan fingerprint density at radius 2 is 1.87 bits per heavy atom. The maximum Gasteiger partial charge on any atom is 0.251 e. The van der Waals surface area contributed by atoms with E-state index in [0.29, 0.717) is 6.54 Å². The molecule has 2 aromatic rings. The zero-order valence-corrected chi connectivity index (χ0v) is 17.9. The zero-order valence-electron chi connectivity index (χ0n) is 17.1. The average molecular weight is 430 g/mol. The molecule has 0 bridgehead atoms. The summed E-state index contributed by atoms with van der Waals surface area (Å²) in [7, 11) is -2.33. The molecule has 160 valence electrons. The fourth-order valence-corrected chi connectivity index (χ4v) is 5.22. The Morgan fingerprint density at radius 3 is 2.57 bits per heavy atom. The number of benzene rings is 2. The zero-order chi connectivity index (χ0) is 21.1. The number of ether oxygens (including phenoxy) is 1. The van der Waals surface area contributed by atoms with Gasteiger partial charge in [-0.2, -0.15) is 0 Å². The lowest BCUT2D eigenvalue weighted by Crippen LogP contribution is -2.28. The molecule has 4 rings (SSSR count). The largest absolute Gasteiger partial charge is 0.495 e. The molecule has 0 unspecified atom stereocenters. The Balaban J connectivity index is 1.51. The van der Waals surface area contributed by atoms with Crippen LogP contribution in [-0.4, -0.2) is 40.6 Å². The smallest absolute Gasteiger partial charge is 0.251 e. The van der Waals surface area contributed by atoms with Crippen molar-refractivity contribution < 1.29 is 17.9 Å². The SMILES string of the molecule is COc1ccc(C(=O)NCc2ccccc2N2CCCC2)cc1S(=O)(=O)NC1CC1. The molecular weight excluding hydrogens is 402 g/mol. The number of sulfonamides is 1. The van der Waals surface area contributed by atoms with Gasteiger partial charge in [-0.05, 0) is 55.5 Å². The molecule has 1 heterocycles. The van der Waals surface area contributed by atoms with Gasteiger partial charge >= 0.3 is 0 Å². The first-order valence-electron chi connectivity index (χ1n) is 10.3. The molecular formula is C22H27N3O4S. The van der Waals surface area contributed by atoms with Crippen molar-refractivity contribution in [1.29, 1.82) is 0 Å². The van der Waals surface area contributed by atoms with Crippen LogP contribution >= 0.6 is 0 Å². The summed E-state index contributed by atoms with van der Waals surface area (Å²) in [5, 5.41) is 2.93. The maximum atomic E-state index is 12.8. The molecule has 2 N–H and O–H groups in total. The van der Waals surface area contributed by atoms with Gasteiger partial charge in [0.1, 0.15) is 10.6 Å². The molecule has 8 heteroatoms. The van der Waals surface area contributed by atoms with Crippen LogP contribution in [0.15, 0.2) is 47.4 Å². The molecule has 1 amide bonds. The number of rotatable bonds is 8. The van der Waals surface area contributed by atoms with Gasteiger partial charge in [-0.15, -0.1) is 0 Å². The van der Waals surface area contributed by atoms with E-state index in [0.717, 1.165) is 37.2 Å². The van der Waals surface area contributed by atoms with E-state index in [9.17, 15) is 13.2 Å². The summed E-state index contributed by atoms with van der Waals surface area (Å²) < 4.78 is 33.2. The minimum atomic E-state index is -3.74. The molecule has 0 spiro atoms. The number of hydrogen-bond acceptors (Lipinski definition) is 5. The highest BCUT2D eigenvalue weighted by atomic mass is 32.2. The molecule has 2 fully saturated rings. The van der Waals surface area contributed by atoms with E-state index in [4.69, 9.17) is 4.74 Å². The molecule has 30 heavy (non-hydrogen) atoms. The standard InChI is InChI=1S/C22H27N3O4S/c1-29-20-11-8-16(14-21(20)30(27,28)24-18-9-10-18)22(26)23-15-17-6-2-3-7-19(17)25-12-4-5-13-25/h2-3,6-8,11,14,18,24H,4-5,9-10,12-13,15H2,1H3,(H,23,26). The lowest BCUT2D eigenvalue weighted by molar-refractivity contribution is 0.0950. The second kappa shape index (κ2) is 8.65. The van der Waals surface area contributed by atoms with Crippen molar-refractivity contribution in [2.75, 3.05) is 25.1 Å². The molecule has 0 radical (unpaired) electrons. The number of amides is 1. The number of para-hydroxylation sites is 1. The van der Waals surface area contributed by atoms with Crippen molar-refractivity contribution in [3.8, 4) is 5.75 Å². The third-order valence-electron chi connectivity index (χ3n) is 5.49. The topological polar surface area (TPSA) is 87.7 Å². The Kier molecular flexibility index (Phi) is 5.97. The summed E-state index contributed by atoms with van der Waals surface area (Å²) in [5.41, 5.74) is 2.47. The van der Waals surface area contributed by atoms with Crippen molar-refractivity contribution in [3.63, 3.8) is 0 Å². The molecule has 1 saturated carbocycles. The van der Waals surface area contributed by atoms with Gasteiger partial charge in [-0.25, -0.2) is 13.1 Å². The van der Waals surface area contributed by atoms with Crippen LogP contribution in [0, 0.1) is 0 Å². The number of hydrogen-bond donors (Lipinski definition) is 2. The number of nitrogens with one attached hydrogen (secondary N) is 2. The van der Waals surface area contributed by atoms with Crippen LogP contribution in [0.1, 0.15) is 41.6 Å². The van der Waals surface area contributed by atoms with E-state index in [1.165, 1.54) is 32.1 Å². The Morgan fingerprint density at radius 1 is 1.13 bits per heavy atom. The molecule has 7 nitrogen and oxygen atoms in total. The van der Waals surface area contributed by atoms with Gasteiger partial charge in [0.2, 0.25) is 10.0 Å². The van der Waals surface area contributed by atoms with Gasteiger partial charge in [0.15, 0.2) is 0 Å². The molecule has 1 aliphatic heterocycles. The summed E-state index contributed by atoms with van der Waals surface area (Å²) in [6.45, 7) is 2.43. The molecule has 0 atom stereocenters. The minimum absolute atomic E-state index is 0.0120. The first-order valence-corrected chi connectivity index (χ1v) is 11.8. The fourth-order valence-electron chi connectivity index (χ4n) is 3.72. The van der Waals surface area contributed by atoms with Crippen LogP contribution in [0.25, 0.3) is 0 Å². The third kappa shape index (κ3) is 4.60. The van der Waals surface area contributed by atoms with Crippen LogP contribution in [-0.2, 0) is 16.6 Å². The van der Waals surface area contributed by atoms with Gasteiger partial charge in [0, 0.05) is 36.9 Å². The highest BCUT2D eigenvalue weighted by Crippen LogP contribution is 2.29. The van der Waals surface area contributed by atoms with Crippen molar-refractivity contribution in [2.24, 2.45) is 0 Å². The minimum Gasteiger partial charge on any atom is -0.495 e. The molecule has 1 saturated heterocycles. The van der Waals surface area contributed by atoms with E-state index in [2.05, 4.69) is 21.0 Å². The van der Waals surface area contributed by atoms with E-state index >= 15 is 0 Å². The van der Waals surface area contributed by atoms with E-state index in [1.54, 1.807) is 6.07 Å². The Labute approximate surface area is 177 Å². The number of carbonyl (C=O) groups is 1. The van der Waals surface area contributed by atoms with Crippen molar-refractivity contribution in [1.82, 2.24) is 10.0 Å². The third-order valence-corrected chi connectivity index (χ3v) is 7.03. The van der Waals surface area contributed by atoms with Crippen LogP contribution in [0.2, 0.25) is 0 Å². The molecule has 2 aliphatic rings. The monoisotopic (exact) mass is 429 g/mol. The van der Waals surface area contributed by atoms with Crippen molar-refractivity contribution in [3.05, 3.63) is 53.6 Å². The van der Waals surface area contributed by atoms with E-state index in [-0.39, 0.29) is 28.2 Å². The van der Waals surface area contributed by atoms with Crippen molar-refractivity contribution in [2.45, 2.75) is 43.2 Å². The van der Waals surface area contributed by atoms with Gasteiger partial charge in [-0.1, -0.05) is 18.2 Å². The van der Waals surface area contributed by atoms with Gasteiger partial charge in [-0.3, -0.25) is 4.79 Å². The summed E-state index contributed by atoms with van der Waals surface area (Å²) in [5.74, 6) is -0.101. The summed E-state index contributed by atoms with van der Waals surface area (Å²) in [4.78, 5) is 15.1. The predicted molar refractivity (Wildman–Crippen MR) is 115 cm³/mol. The van der Waals surface area contributed by atoms with Crippen LogP contribution < -0.4 is 19.7 Å². The lowest BCUT2D eigenvalue weighted by atomic mass is 10.1. The normalized spacial score (nSPS) is 16.5. The quantitative estimate of drug-likeness (QED) is 0.674. The van der Waals surface area contributed by atoms with Gasteiger partial charge in [0.05, 0.1) is 7.11 Å². The predicted octanol–water partition coefficient (Wildman–Crippen LogP) is 2.67. The highest BCUT2D eigenvalue weighted by molar-refractivity contribution is 7.89. The number of carbonyl (C=O) groups excluding carboxylic acids is 1. The highest BCUT2D eigenvalue weighted by Gasteiger charge is 2.30. The number of anilines is 1. The second-order valence-electron chi connectivity index (χ2n) is 7.77.